The average molecular weight is 405 g/mol. The molecule has 2 aromatic carbocycles. The van der Waals surface area contributed by atoms with Crippen molar-refractivity contribution in [3.8, 4) is 5.75 Å². The number of thioether (sulfide) groups is 1. The Morgan fingerprint density at radius 3 is 2.70 bits per heavy atom. The van der Waals surface area contributed by atoms with Crippen molar-refractivity contribution in [1.82, 2.24) is 5.32 Å². The van der Waals surface area contributed by atoms with E-state index in [4.69, 9.17) is 16.3 Å². The average Bonchev–Trinajstić information content (AvgIpc) is 2.70. The Balaban J connectivity index is 1.72. The van der Waals surface area contributed by atoms with Gasteiger partial charge >= 0.3 is 0 Å². The van der Waals surface area contributed by atoms with Crippen molar-refractivity contribution in [3.05, 3.63) is 53.6 Å². The third kappa shape index (κ3) is 4.96. The fourth-order valence-electron chi connectivity index (χ4n) is 2.72. The van der Waals surface area contributed by atoms with Gasteiger partial charge in [-0.2, -0.15) is 0 Å². The van der Waals surface area contributed by atoms with Gasteiger partial charge < -0.3 is 15.0 Å². The van der Waals surface area contributed by atoms with E-state index in [1.165, 1.54) is 11.8 Å². The quantitative estimate of drug-likeness (QED) is 0.745. The van der Waals surface area contributed by atoms with Crippen molar-refractivity contribution in [1.29, 1.82) is 0 Å². The number of hydrogen-bond acceptors (Lipinski definition) is 4. The van der Waals surface area contributed by atoms with Gasteiger partial charge in [-0.3, -0.25) is 9.59 Å². The van der Waals surface area contributed by atoms with Crippen LogP contribution in [0.1, 0.15) is 13.3 Å². The summed E-state index contributed by atoms with van der Waals surface area (Å²) in [5.74, 6) is 0.540. The number of nitrogens with zero attached hydrogens (tertiary/aromatic N) is 1. The summed E-state index contributed by atoms with van der Waals surface area (Å²) in [7, 11) is 0. The smallest absolute Gasteiger partial charge is 0.262 e. The van der Waals surface area contributed by atoms with Gasteiger partial charge in [0.05, 0.1) is 18.0 Å². The number of benzene rings is 2. The Morgan fingerprint density at radius 2 is 1.96 bits per heavy atom. The first-order chi connectivity index (χ1) is 13.1. The Labute approximate surface area is 168 Å². The number of anilines is 1. The summed E-state index contributed by atoms with van der Waals surface area (Å²) >= 11 is 7.34. The number of rotatable bonds is 6. The van der Waals surface area contributed by atoms with Crippen LogP contribution in [0.5, 0.6) is 5.75 Å². The van der Waals surface area contributed by atoms with Crippen LogP contribution in [0.3, 0.4) is 0 Å². The molecule has 5 nitrogen and oxygen atoms in total. The molecular formula is C20H21ClN2O3S. The van der Waals surface area contributed by atoms with Crippen molar-refractivity contribution >= 4 is 40.9 Å². The molecule has 0 radical (unpaired) electrons. The highest BCUT2D eigenvalue weighted by Gasteiger charge is 2.33. The molecule has 0 unspecified atom stereocenters. The lowest BCUT2D eigenvalue weighted by Gasteiger charge is -2.34. The summed E-state index contributed by atoms with van der Waals surface area (Å²) in [6.07, 6.45) is 0.131. The molecular weight excluding hydrogens is 384 g/mol. The summed E-state index contributed by atoms with van der Waals surface area (Å²) < 4.78 is 5.82. The second kappa shape index (κ2) is 9.15. The predicted molar refractivity (Wildman–Crippen MR) is 109 cm³/mol. The SMILES string of the molecule is CCCNC(=O)[C@@H]1CN(C(=O)CSc2ccc(Cl)cc2)c2ccccc2O1. The van der Waals surface area contributed by atoms with Crippen molar-refractivity contribution in [2.24, 2.45) is 0 Å². The highest BCUT2D eigenvalue weighted by Crippen LogP contribution is 2.34. The van der Waals surface area contributed by atoms with Crippen LogP contribution >= 0.6 is 23.4 Å². The fourth-order valence-corrected chi connectivity index (χ4v) is 3.62. The van der Waals surface area contributed by atoms with Crippen molar-refractivity contribution in [2.45, 2.75) is 24.3 Å². The molecule has 0 aliphatic carbocycles. The zero-order valence-corrected chi connectivity index (χ0v) is 16.6. The topological polar surface area (TPSA) is 58.6 Å². The summed E-state index contributed by atoms with van der Waals surface area (Å²) in [6, 6.07) is 14.7. The van der Waals surface area contributed by atoms with Crippen LogP contribution in [0.15, 0.2) is 53.4 Å². The maximum absolute atomic E-state index is 12.9. The highest BCUT2D eigenvalue weighted by molar-refractivity contribution is 8.00. The van der Waals surface area contributed by atoms with E-state index in [9.17, 15) is 9.59 Å². The van der Waals surface area contributed by atoms with Gasteiger partial charge in [-0.05, 0) is 42.8 Å². The third-order valence-electron chi connectivity index (χ3n) is 4.09. The number of ether oxygens (including phenoxy) is 1. The van der Waals surface area contributed by atoms with Gasteiger partial charge in [-0.25, -0.2) is 0 Å². The van der Waals surface area contributed by atoms with E-state index >= 15 is 0 Å². The standard InChI is InChI=1S/C20H21ClN2O3S/c1-2-11-22-20(25)18-12-23(16-5-3-4-6-17(16)26-18)19(24)13-27-15-9-7-14(21)8-10-15/h3-10,18H,2,11-13H2,1H3,(H,22,25)/t18-/m0/s1. The summed E-state index contributed by atoms with van der Waals surface area (Å²) in [5.41, 5.74) is 0.693. The van der Waals surface area contributed by atoms with E-state index in [1.807, 2.05) is 37.3 Å². The normalized spacial score (nSPS) is 15.6. The lowest BCUT2D eigenvalue weighted by Crippen LogP contribution is -2.51. The number of amides is 2. The van der Waals surface area contributed by atoms with Crippen molar-refractivity contribution in [2.75, 3.05) is 23.7 Å². The fraction of sp³-hybridized carbons (Fsp3) is 0.300. The first-order valence-electron chi connectivity index (χ1n) is 8.80. The number of para-hydroxylation sites is 2. The van der Waals surface area contributed by atoms with Gasteiger partial charge in [0.1, 0.15) is 5.75 Å². The van der Waals surface area contributed by atoms with Crippen LogP contribution in [0.25, 0.3) is 0 Å². The molecule has 142 valence electrons. The van der Waals surface area contributed by atoms with Gasteiger partial charge in [-0.1, -0.05) is 30.7 Å². The van der Waals surface area contributed by atoms with Gasteiger partial charge in [0.15, 0.2) is 6.10 Å². The van der Waals surface area contributed by atoms with Crippen LogP contribution < -0.4 is 15.0 Å². The number of hydrogen-bond donors (Lipinski definition) is 1. The van der Waals surface area contributed by atoms with E-state index in [2.05, 4.69) is 5.32 Å². The molecule has 27 heavy (non-hydrogen) atoms. The monoisotopic (exact) mass is 404 g/mol. The highest BCUT2D eigenvalue weighted by atomic mass is 35.5. The number of nitrogens with one attached hydrogen (secondary N) is 1. The number of carbonyl (C=O) groups excluding carboxylic acids is 2. The predicted octanol–water partition coefficient (Wildman–Crippen LogP) is 3.75. The van der Waals surface area contributed by atoms with E-state index in [0.29, 0.717) is 23.0 Å². The third-order valence-corrected chi connectivity index (χ3v) is 5.34. The van der Waals surface area contributed by atoms with Crippen LogP contribution in [0.4, 0.5) is 5.69 Å². The molecule has 1 heterocycles. The molecule has 3 rings (SSSR count). The Hall–Kier alpha value is -2.18. The maximum atomic E-state index is 12.9. The summed E-state index contributed by atoms with van der Waals surface area (Å²) in [4.78, 5) is 27.8. The molecule has 1 aliphatic heterocycles. The zero-order chi connectivity index (χ0) is 19.2. The molecule has 0 saturated heterocycles. The Kier molecular flexibility index (Phi) is 6.63. The minimum Gasteiger partial charge on any atom is -0.477 e. The Morgan fingerprint density at radius 1 is 1.22 bits per heavy atom. The van der Waals surface area contributed by atoms with Crippen molar-refractivity contribution in [3.63, 3.8) is 0 Å². The zero-order valence-electron chi connectivity index (χ0n) is 15.0. The molecule has 2 aromatic rings. The van der Waals surface area contributed by atoms with Gasteiger partial charge in [-0.15, -0.1) is 11.8 Å². The molecule has 0 bridgehead atoms. The molecule has 0 aromatic heterocycles. The lowest BCUT2D eigenvalue weighted by atomic mass is 10.1. The Bertz CT molecular complexity index is 813. The summed E-state index contributed by atoms with van der Waals surface area (Å²) in [5, 5.41) is 3.50. The first kappa shape index (κ1) is 19.6. The first-order valence-corrected chi connectivity index (χ1v) is 10.2. The largest absolute Gasteiger partial charge is 0.477 e. The van der Waals surface area contributed by atoms with E-state index in [0.717, 1.165) is 11.3 Å². The summed E-state index contributed by atoms with van der Waals surface area (Å²) in [6.45, 7) is 2.77. The van der Waals surface area contributed by atoms with Gasteiger partial charge in [0.25, 0.3) is 5.91 Å². The van der Waals surface area contributed by atoms with Crippen LogP contribution in [-0.2, 0) is 9.59 Å². The number of carbonyl (C=O) groups is 2. The second-order valence-corrected chi connectivity index (χ2v) is 7.60. The minimum absolute atomic E-state index is 0.0704. The molecule has 0 saturated carbocycles. The van der Waals surface area contributed by atoms with Crippen molar-refractivity contribution < 1.29 is 14.3 Å². The molecule has 2 amide bonds. The molecule has 7 heteroatoms. The maximum Gasteiger partial charge on any atom is 0.262 e. The van der Waals surface area contributed by atoms with Crippen LogP contribution in [0.2, 0.25) is 5.02 Å². The van der Waals surface area contributed by atoms with E-state index in [1.54, 1.807) is 23.1 Å². The molecule has 0 spiro atoms. The van der Waals surface area contributed by atoms with Gasteiger partial charge in [0.2, 0.25) is 5.91 Å². The molecule has 1 atom stereocenters. The second-order valence-electron chi connectivity index (χ2n) is 6.11. The lowest BCUT2D eigenvalue weighted by molar-refractivity contribution is -0.128. The van der Waals surface area contributed by atoms with Crippen LogP contribution in [0, 0.1) is 0 Å². The van der Waals surface area contributed by atoms with E-state index < -0.39 is 6.10 Å². The molecule has 0 fully saturated rings. The van der Waals surface area contributed by atoms with Crippen LogP contribution in [-0.4, -0.2) is 36.8 Å². The molecule has 1 aliphatic rings. The van der Waals surface area contributed by atoms with E-state index in [-0.39, 0.29) is 24.1 Å². The number of fused-ring (bicyclic) bond motifs is 1. The van der Waals surface area contributed by atoms with Gasteiger partial charge in [0, 0.05) is 16.5 Å². The molecule has 1 N–H and O–H groups in total. The minimum atomic E-state index is -0.712. The number of halogens is 1.